The highest BCUT2D eigenvalue weighted by Gasteiger charge is 2.35. The lowest BCUT2D eigenvalue weighted by atomic mass is 9.96. The maximum Gasteiger partial charge on any atom is 0.417 e. The zero-order valence-electron chi connectivity index (χ0n) is 8.21. The number of nitrogens with two attached hydrogens (primary N) is 1. The first-order valence-corrected chi connectivity index (χ1v) is 4.22. The Morgan fingerprint density at radius 3 is 2.35 bits per heavy atom. The Hall–Kier alpha value is -2.36. The van der Waals surface area contributed by atoms with E-state index in [0.29, 0.717) is 6.07 Å². The molecule has 0 unspecified atom stereocenters. The number of nitrogens with zero attached hydrogens (tertiary/aromatic N) is 1. The molecule has 0 atom stereocenters. The number of primary amides is 1. The molecule has 17 heavy (non-hydrogen) atoms. The maximum absolute atomic E-state index is 12.5. The van der Waals surface area contributed by atoms with E-state index in [-0.39, 0.29) is 6.29 Å². The predicted molar refractivity (Wildman–Crippen MR) is 50.1 cm³/mol. The van der Waals surface area contributed by atoms with Crippen molar-refractivity contribution in [1.29, 1.82) is 5.26 Å². The highest BCUT2D eigenvalue weighted by molar-refractivity contribution is 6.02. The summed E-state index contributed by atoms with van der Waals surface area (Å²) in [6.07, 6.45) is -4.77. The summed E-state index contributed by atoms with van der Waals surface area (Å²) in [7, 11) is 0. The van der Waals surface area contributed by atoms with Crippen LogP contribution in [-0.2, 0) is 6.18 Å². The molecular weight excluding hydrogens is 237 g/mol. The van der Waals surface area contributed by atoms with E-state index in [1.165, 1.54) is 6.07 Å². The van der Waals surface area contributed by atoms with Crippen LogP contribution in [0.15, 0.2) is 12.1 Å². The highest BCUT2D eigenvalue weighted by Crippen LogP contribution is 2.33. The molecule has 1 aromatic rings. The summed E-state index contributed by atoms with van der Waals surface area (Å²) in [4.78, 5) is 21.5. The van der Waals surface area contributed by atoms with Crippen LogP contribution in [0, 0.1) is 11.3 Å². The average Bonchev–Trinajstić information content (AvgIpc) is 2.25. The van der Waals surface area contributed by atoms with Gasteiger partial charge >= 0.3 is 6.18 Å². The summed E-state index contributed by atoms with van der Waals surface area (Å²) in [5.74, 6) is -1.07. The average molecular weight is 242 g/mol. The fourth-order valence-electron chi connectivity index (χ4n) is 1.31. The van der Waals surface area contributed by atoms with Crippen LogP contribution in [0.3, 0.4) is 0 Å². The Morgan fingerprint density at radius 1 is 1.41 bits per heavy atom. The molecule has 1 rings (SSSR count). The summed E-state index contributed by atoms with van der Waals surface area (Å²) in [5, 5.41) is 8.64. The van der Waals surface area contributed by atoms with E-state index in [1.54, 1.807) is 0 Å². The van der Waals surface area contributed by atoms with Crippen molar-refractivity contribution >= 4 is 12.2 Å². The summed E-state index contributed by atoms with van der Waals surface area (Å²) < 4.78 is 37.5. The second kappa shape index (κ2) is 4.25. The van der Waals surface area contributed by atoms with Crippen LogP contribution in [0.2, 0.25) is 0 Å². The Kier molecular flexibility index (Phi) is 3.18. The van der Waals surface area contributed by atoms with Crippen molar-refractivity contribution in [2.45, 2.75) is 6.18 Å². The number of carbonyl (C=O) groups excluding carboxylic acids is 2. The van der Waals surface area contributed by atoms with E-state index in [4.69, 9.17) is 11.0 Å². The minimum Gasteiger partial charge on any atom is -0.366 e. The van der Waals surface area contributed by atoms with Gasteiger partial charge in [0.1, 0.15) is 6.07 Å². The number of alkyl halides is 3. The summed E-state index contributed by atoms with van der Waals surface area (Å²) in [6.45, 7) is 0. The number of hydrogen-bond acceptors (Lipinski definition) is 3. The SMILES string of the molecule is N#Cc1c(C(F)(F)F)ccc(C(N)=O)c1C=O. The number of halogens is 3. The van der Waals surface area contributed by atoms with E-state index in [1.807, 2.05) is 0 Å². The lowest BCUT2D eigenvalue weighted by Gasteiger charge is -2.11. The first kappa shape index (κ1) is 12.7. The van der Waals surface area contributed by atoms with Crippen LogP contribution in [0.5, 0.6) is 0 Å². The maximum atomic E-state index is 12.5. The minimum absolute atomic E-state index is 0.00782. The molecule has 2 N–H and O–H groups in total. The molecule has 0 bridgehead atoms. The second-order valence-corrected chi connectivity index (χ2v) is 3.04. The van der Waals surface area contributed by atoms with E-state index in [9.17, 15) is 22.8 Å². The molecule has 0 fully saturated rings. The van der Waals surface area contributed by atoms with Crippen LogP contribution < -0.4 is 5.73 Å². The normalized spacial score (nSPS) is 10.7. The highest BCUT2D eigenvalue weighted by atomic mass is 19.4. The largest absolute Gasteiger partial charge is 0.417 e. The van der Waals surface area contributed by atoms with Gasteiger partial charge in [-0.15, -0.1) is 0 Å². The van der Waals surface area contributed by atoms with Crippen molar-refractivity contribution in [2.75, 3.05) is 0 Å². The molecule has 0 aliphatic heterocycles. The van der Waals surface area contributed by atoms with Gasteiger partial charge in [0.05, 0.1) is 16.7 Å². The van der Waals surface area contributed by atoms with Crippen molar-refractivity contribution in [3.8, 4) is 6.07 Å². The molecular formula is C10H5F3N2O2. The molecule has 88 valence electrons. The van der Waals surface area contributed by atoms with Gasteiger partial charge in [-0.05, 0) is 12.1 Å². The first-order chi connectivity index (χ1) is 7.82. The minimum atomic E-state index is -4.78. The Balaban J connectivity index is 3.68. The summed E-state index contributed by atoms with van der Waals surface area (Å²) in [6, 6.07) is 2.58. The number of nitriles is 1. The number of aldehydes is 1. The van der Waals surface area contributed by atoms with Gasteiger partial charge in [0, 0.05) is 5.56 Å². The quantitative estimate of drug-likeness (QED) is 0.797. The molecule has 0 aromatic heterocycles. The Morgan fingerprint density at radius 2 is 2.00 bits per heavy atom. The molecule has 0 aliphatic carbocycles. The van der Waals surface area contributed by atoms with Gasteiger partial charge < -0.3 is 5.73 Å². The number of benzene rings is 1. The molecule has 0 saturated heterocycles. The van der Waals surface area contributed by atoms with Gasteiger partial charge in [-0.1, -0.05) is 0 Å². The van der Waals surface area contributed by atoms with E-state index >= 15 is 0 Å². The van der Waals surface area contributed by atoms with Gasteiger partial charge in [-0.25, -0.2) is 0 Å². The molecule has 0 aliphatic rings. The van der Waals surface area contributed by atoms with Gasteiger partial charge in [-0.2, -0.15) is 18.4 Å². The van der Waals surface area contributed by atoms with Gasteiger partial charge in [-0.3, -0.25) is 9.59 Å². The lowest BCUT2D eigenvalue weighted by molar-refractivity contribution is -0.137. The van der Waals surface area contributed by atoms with E-state index in [2.05, 4.69) is 0 Å². The summed E-state index contributed by atoms with van der Waals surface area (Å²) >= 11 is 0. The Bertz CT molecular complexity index is 530. The molecule has 0 spiro atoms. The fraction of sp³-hybridized carbons (Fsp3) is 0.100. The van der Waals surface area contributed by atoms with Crippen LogP contribution in [0.25, 0.3) is 0 Å². The smallest absolute Gasteiger partial charge is 0.366 e. The fourth-order valence-corrected chi connectivity index (χ4v) is 1.31. The van der Waals surface area contributed by atoms with E-state index in [0.717, 1.165) is 6.07 Å². The zero-order chi connectivity index (χ0) is 13.2. The van der Waals surface area contributed by atoms with Crippen LogP contribution in [0.1, 0.15) is 31.8 Å². The number of amides is 1. The van der Waals surface area contributed by atoms with Crippen molar-refractivity contribution in [2.24, 2.45) is 5.73 Å². The van der Waals surface area contributed by atoms with E-state index < -0.39 is 34.3 Å². The third kappa shape index (κ3) is 2.25. The number of hydrogen-bond donors (Lipinski definition) is 1. The van der Waals surface area contributed by atoms with Gasteiger partial charge in [0.15, 0.2) is 6.29 Å². The third-order valence-electron chi connectivity index (χ3n) is 2.05. The van der Waals surface area contributed by atoms with Crippen LogP contribution >= 0.6 is 0 Å². The number of rotatable bonds is 2. The zero-order valence-corrected chi connectivity index (χ0v) is 8.21. The monoisotopic (exact) mass is 242 g/mol. The molecule has 7 heteroatoms. The molecule has 1 aromatic carbocycles. The van der Waals surface area contributed by atoms with Gasteiger partial charge in [0.25, 0.3) is 0 Å². The van der Waals surface area contributed by atoms with Crippen LogP contribution in [-0.4, -0.2) is 12.2 Å². The molecule has 0 radical (unpaired) electrons. The van der Waals surface area contributed by atoms with Crippen LogP contribution in [0.4, 0.5) is 13.2 Å². The predicted octanol–water partition coefficient (Wildman–Crippen LogP) is 1.49. The standard InChI is InChI=1S/C10H5F3N2O2/c11-10(12,13)8-2-1-5(9(15)17)7(4-16)6(8)3-14/h1-2,4H,(H2,15,17). The second-order valence-electron chi connectivity index (χ2n) is 3.04. The van der Waals surface area contributed by atoms with Crippen molar-refractivity contribution in [1.82, 2.24) is 0 Å². The molecule has 0 saturated carbocycles. The number of carbonyl (C=O) groups is 2. The Labute approximate surface area is 93.4 Å². The lowest BCUT2D eigenvalue weighted by Crippen LogP contribution is -2.17. The first-order valence-electron chi connectivity index (χ1n) is 4.22. The molecule has 0 heterocycles. The van der Waals surface area contributed by atoms with Gasteiger partial charge in [0.2, 0.25) is 5.91 Å². The molecule has 1 amide bonds. The van der Waals surface area contributed by atoms with Crippen molar-refractivity contribution < 1.29 is 22.8 Å². The third-order valence-corrected chi connectivity index (χ3v) is 2.05. The van der Waals surface area contributed by atoms with Crippen molar-refractivity contribution in [3.05, 3.63) is 34.4 Å². The van der Waals surface area contributed by atoms with Crippen molar-refractivity contribution in [3.63, 3.8) is 0 Å². The molecule has 4 nitrogen and oxygen atoms in total. The topological polar surface area (TPSA) is 83.9 Å². The summed E-state index contributed by atoms with van der Waals surface area (Å²) in [5.41, 5.74) is 1.66.